The van der Waals surface area contributed by atoms with Gasteiger partial charge in [0.05, 0.1) is 0 Å². The first-order chi connectivity index (χ1) is 13.4. The van der Waals surface area contributed by atoms with Gasteiger partial charge in [0.15, 0.2) is 5.75 Å². The zero-order valence-corrected chi connectivity index (χ0v) is 17.6. The first kappa shape index (κ1) is 20.8. The zero-order chi connectivity index (χ0) is 20.3. The van der Waals surface area contributed by atoms with E-state index in [1.165, 1.54) is 31.2 Å². The molecule has 0 unspecified atom stereocenters. The Hall–Kier alpha value is -1.97. The number of anilines is 1. The highest BCUT2D eigenvalue weighted by atomic mass is 31.0. The lowest BCUT2D eigenvalue weighted by Crippen LogP contribution is -2.50. The van der Waals surface area contributed by atoms with Gasteiger partial charge >= 0.3 is 0 Å². The van der Waals surface area contributed by atoms with Crippen LogP contribution in [0.5, 0.6) is 5.75 Å². The minimum atomic E-state index is -0.771. The van der Waals surface area contributed by atoms with Gasteiger partial charge in [-0.2, -0.15) is 0 Å². The fraction of sp³-hybridized carbons (Fsp3) is 0.500. The Bertz CT molecular complexity index is 881. The third kappa shape index (κ3) is 4.53. The van der Waals surface area contributed by atoms with Gasteiger partial charge in [-0.05, 0) is 38.5 Å². The second-order valence-electron chi connectivity index (χ2n) is 7.96. The largest absolute Gasteiger partial charge is 0.502 e. The number of benzene rings is 1. The number of aryl methyl sites for hydroxylation is 1. The van der Waals surface area contributed by atoms with Gasteiger partial charge in [-0.1, -0.05) is 35.9 Å². The van der Waals surface area contributed by atoms with Crippen LogP contribution in [0.25, 0.3) is 0 Å². The van der Waals surface area contributed by atoms with Crippen LogP contribution in [-0.2, 0) is 0 Å². The molecule has 3 aliphatic rings. The molecule has 28 heavy (non-hydrogen) atoms. The molecule has 1 aliphatic carbocycles. The Kier molecular flexibility index (Phi) is 6.69. The van der Waals surface area contributed by atoms with Crippen molar-refractivity contribution in [2.75, 3.05) is 25.0 Å². The number of fused-ring (bicyclic) bond motifs is 3. The van der Waals surface area contributed by atoms with Crippen LogP contribution in [0.4, 0.5) is 5.69 Å². The van der Waals surface area contributed by atoms with Crippen LogP contribution >= 0.6 is 8.86 Å². The van der Waals surface area contributed by atoms with E-state index in [0.29, 0.717) is 12.6 Å². The average Bonchev–Trinajstić information content (AvgIpc) is 2.73. The third-order valence-electron chi connectivity index (χ3n) is 5.93. The number of hydrogen-bond acceptors (Lipinski definition) is 4. The highest BCUT2D eigenvalue weighted by Crippen LogP contribution is 2.35. The summed E-state index contributed by atoms with van der Waals surface area (Å²) in [5, 5.41) is 9.46. The Morgan fingerprint density at radius 2 is 1.79 bits per heavy atom. The van der Waals surface area contributed by atoms with Gasteiger partial charge in [-0.25, -0.2) is 0 Å². The molecule has 0 radical (unpaired) electrons. The summed E-state index contributed by atoms with van der Waals surface area (Å²) in [6, 6.07) is 10.9. The van der Waals surface area contributed by atoms with Crippen LogP contribution < -0.4 is 15.8 Å². The van der Waals surface area contributed by atoms with E-state index < -0.39 is 16.6 Å². The van der Waals surface area contributed by atoms with Crippen LogP contribution in [0.15, 0.2) is 39.9 Å². The van der Waals surface area contributed by atoms with Crippen molar-refractivity contribution in [1.29, 1.82) is 0 Å². The van der Waals surface area contributed by atoms with Gasteiger partial charge in [0.1, 0.15) is 5.69 Å². The molecule has 0 atom stereocenters. The number of nitrogens with zero attached hydrogens (tertiary/aromatic N) is 2. The monoisotopic (exact) mass is 400 g/mol. The van der Waals surface area contributed by atoms with Crippen molar-refractivity contribution in [3.8, 4) is 5.75 Å². The molecule has 2 aromatic carbocycles. The molecule has 2 bridgehead atoms. The zero-order valence-electron chi connectivity index (χ0n) is 16.6. The van der Waals surface area contributed by atoms with Crippen molar-refractivity contribution in [2.24, 2.45) is 5.92 Å². The first-order valence-corrected chi connectivity index (χ1v) is 10.5. The lowest BCUT2D eigenvalue weighted by atomic mass is 9.80. The van der Waals surface area contributed by atoms with Crippen molar-refractivity contribution in [1.82, 2.24) is 4.90 Å². The summed E-state index contributed by atoms with van der Waals surface area (Å²) in [7, 11) is 5.48. The molecule has 6 heteroatoms. The van der Waals surface area contributed by atoms with Crippen LogP contribution in [-0.4, -0.2) is 41.6 Å². The molecule has 2 aromatic rings. The van der Waals surface area contributed by atoms with E-state index >= 15 is 0 Å². The predicted molar refractivity (Wildman–Crippen MR) is 118 cm³/mol. The van der Waals surface area contributed by atoms with Crippen LogP contribution in [0.3, 0.4) is 0 Å². The lowest BCUT2D eigenvalue weighted by molar-refractivity contribution is 0.110. The summed E-state index contributed by atoms with van der Waals surface area (Å²) in [6.45, 7) is 3.81. The normalized spacial score (nSPS) is 21.2. The van der Waals surface area contributed by atoms with E-state index in [0.717, 1.165) is 24.3 Å². The molecule has 0 spiro atoms. The van der Waals surface area contributed by atoms with Crippen molar-refractivity contribution in [2.45, 2.75) is 45.1 Å². The Labute approximate surface area is 168 Å². The number of hydrogen-bond donors (Lipinski definition) is 1. The van der Waals surface area contributed by atoms with Gasteiger partial charge in [-0.15, -0.1) is 8.86 Å². The van der Waals surface area contributed by atoms with E-state index in [4.69, 9.17) is 0 Å². The molecule has 5 nitrogen and oxygen atoms in total. The molecule has 5 rings (SSSR count). The van der Waals surface area contributed by atoms with E-state index in [9.17, 15) is 14.7 Å². The molecule has 2 aliphatic heterocycles. The molecule has 1 N–H and O–H groups in total. The lowest BCUT2D eigenvalue weighted by Gasteiger charge is -2.46. The maximum absolute atomic E-state index is 11.4. The molecule has 0 aromatic heterocycles. The molecule has 2 saturated heterocycles. The summed E-state index contributed by atoms with van der Waals surface area (Å²) in [6.07, 6.45) is 6.01. The van der Waals surface area contributed by atoms with Gasteiger partial charge < -0.3 is 10.0 Å². The van der Waals surface area contributed by atoms with Crippen molar-refractivity contribution in [3.63, 3.8) is 0 Å². The highest BCUT2D eigenvalue weighted by molar-refractivity contribution is 7.20. The summed E-state index contributed by atoms with van der Waals surface area (Å²) in [4.78, 5) is 26.6. The van der Waals surface area contributed by atoms with Crippen LogP contribution in [0.1, 0.15) is 37.7 Å². The van der Waals surface area contributed by atoms with E-state index in [1.807, 2.05) is 18.2 Å². The number of piperidine rings is 2. The summed E-state index contributed by atoms with van der Waals surface area (Å²) in [5.74, 6) is 0.423. The molecular weight excluding hydrogens is 371 g/mol. The van der Waals surface area contributed by atoms with Gasteiger partial charge in [0.25, 0.3) is 10.9 Å². The van der Waals surface area contributed by atoms with Crippen molar-refractivity contribution in [3.05, 3.63) is 56.3 Å². The molecule has 150 valence electrons. The van der Waals surface area contributed by atoms with E-state index in [2.05, 4.69) is 32.8 Å². The minimum absolute atomic E-state index is 0.152. The van der Waals surface area contributed by atoms with Crippen molar-refractivity contribution >= 4 is 20.0 Å². The summed E-state index contributed by atoms with van der Waals surface area (Å²) < 4.78 is 0. The molecule has 2 heterocycles. The van der Waals surface area contributed by atoms with Crippen LogP contribution in [0.2, 0.25) is 0 Å². The number of rotatable bonds is 5. The molecule has 3 fully saturated rings. The predicted octanol–water partition coefficient (Wildman–Crippen LogP) is 2.96. The Morgan fingerprint density at radius 1 is 1.14 bits per heavy atom. The maximum Gasteiger partial charge on any atom is 0.271 e. The van der Waals surface area contributed by atoms with Gasteiger partial charge in [0.2, 0.25) is 0 Å². The standard InChI is InChI=1S/C15H21N2O3P.C7H8/c1-16(12-13(18)15(20)14(12)19)7-6-11(21)17-8-9-2-4-10(17)5-3-9;1-7-5-3-2-4-6-7/h9-10,18,21H,2-8H2,1H3;2-6H,1H3. The molecule has 0 amide bonds. The Balaban J connectivity index is 0.000000271. The summed E-state index contributed by atoms with van der Waals surface area (Å²) >= 11 is 0. The second kappa shape index (κ2) is 9.02. The first-order valence-electron chi connectivity index (χ1n) is 9.97. The molecular formula is C22H29N2O3P. The fourth-order valence-electron chi connectivity index (χ4n) is 4.18. The average molecular weight is 400 g/mol. The fourth-order valence-corrected chi connectivity index (χ4v) is 4.57. The van der Waals surface area contributed by atoms with E-state index in [1.54, 1.807) is 11.9 Å². The summed E-state index contributed by atoms with van der Waals surface area (Å²) in [5.41, 5.74) is 1.28. The third-order valence-corrected chi connectivity index (χ3v) is 6.46. The number of aromatic hydroxyl groups is 1. The van der Waals surface area contributed by atoms with E-state index in [-0.39, 0.29) is 5.69 Å². The second-order valence-corrected chi connectivity index (χ2v) is 8.53. The van der Waals surface area contributed by atoms with Gasteiger partial charge in [-0.3, -0.25) is 14.5 Å². The highest BCUT2D eigenvalue weighted by Gasteiger charge is 2.35. The Morgan fingerprint density at radius 3 is 2.25 bits per heavy atom. The van der Waals surface area contributed by atoms with Crippen LogP contribution in [0, 0.1) is 12.8 Å². The SMILES string of the molecule is CN(CCC(=P)N1CC2CCC1CC2)c1c(O)c(=O)c1=O.Cc1ccccc1. The van der Waals surface area contributed by atoms with Crippen molar-refractivity contribution < 1.29 is 5.11 Å². The molecule has 1 saturated carbocycles. The maximum atomic E-state index is 11.4. The minimum Gasteiger partial charge on any atom is -0.502 e. The smallest absolute Gasteiger partial charge is 0.271 e. The quantitative estimate of drug-likeness (QED) is 0.618. The topological polar surface area (TPSA) is 60.9 Å². The van der Waals surface area contributed by atoms with Gasteiger partial charge in [0, 0.05) is 38.0 Å².